The maximum Gasteiger partial charge on any atom is 0.256 e. The lowest BCUT2D eigenvalue weighted by Crippen LogP contribution is -2.57. The number of benzene rings is 2. The Morgan fingerprint density at radius 3 is 2.58 bits per heavy atom. The lowest BCUT2D eigenvalue weighted by molar-refractivity contribution is -0.149. The molecule has 2 aromatic rings. The molecule has 1 amide bonds. The van der Waals surface area contributed by atoms with E-state index < -0.39 is 6.10 Å². The number of hydrogen-bond acceptors (Lipinski definition) is 4. The first-order valence-corrected chi connectivity index (χ1v) is 7.98. The predicted molar refractivity (Wildman–Crippen MR) is 90.4 cm³/mol. The quantitative estimate of drug-likeness (QED) is 0.903. The summed E-state index contributed by atoms with van der Waals surface area (Å²) in [7, 11) is 1.58. The maximum atomic E-state index is 12.3. The predicted octanol–water partition coefficient (Wildman–Crippen LogP) is 2.67. The summed E-state index contributed by atoms with van der Waals surface area (Å²) in [5, 5.41) is 10.7. The molecule has 0 aliphatic carbocycles. The smallest absolute Gasteiger partial charge is 0.256 e. The van der Waals surface area contributed by atoms with Crippen LogP contribution in [0.2, 0.25) is 5.02 Å². The molecule has 1 aliphatic rings. The van der Waals surface area contributed by atoms with E-state index in [1.54, 1.807) is 36.3 Å². The standard InChI is InChI=1S/C18H18ClNO4/c1-23-15-7-2-3-8-16(15)24-14-10-20(11-14)18(22)17(21)12-5-4-6-13(19)9-12/h2-9,14,17,21H,10-11H2,1H3/t17-/m1/s1. The van der Waals surface area contributed by atoms with Gasteiger partial charge in [0.2, 0.25) is 0 Å². The van der Waals surface area contributed by atoms with Crippen molar-refractivity contribution in [3.05, 3.63) is 59.1 Å². The van der Waals surface area contributed by atoms with E-state index in [0.717, 1.165) is 0 Å². The Kier molecular flexibility index (Phi) is 4.92. The summed E-state index contributed by atoms with van der Waals surface area (Å²) in [6.45, 7) is 0.850. The summed E-state index contributed by atoms with van der Waals surface area (Å²) in [6, 6.07) is 14.0. The van der Waals surface area contributed by atoms with Crippen molar-refractivity contribution in [3.8, 4) is 11.5 Å². The lowest BCUT2D eigenvalue weighted by Gasteiger charge is -2.40. The monoisotopic (exact) mass is 347 g/mol. The molecule has 1 heterocycles. The highest BCUT2D eigenvalue weighted by atomic mass is 35.5. The van der Waals surface area contributed by atoms with E-state index in [1.165, 1.54) is 0 Å². The van der Waals surface area contributed by atoms with Gasteiger partial charge in [0.25, 0.3) is 5.91 Å². The van der Waals surface area contributed by atoms with Crippen LogP contribution < -0.4 is 9.47 Å². The van der Waals surface area contributed by atoms with Crippen LogP contribution in [0.1, 0.15) is 11.7 Å². The topological polar surface area (TPSA) is 59.0 Å². The molecule has 0 aromatic heterocycles. The normalized spacial score (nSPS) is 15.5. The molecule has 0 spiro atoms. The molecule has 0 saturated carbocycles. The van der Waals surface area contributed by atoms with Gasteiger partial charge in [0.05, 0.1) is 20.2 Å². The molecule has 1 aliphatic heterocycles. The third-order valence-electron chi connectivity index (χ3n) is 3.92. The van der Waals surface area contributed by atoms with Gasteiger partial charge < -0.3 is 19.5 Å². The van der Waals surface area contributed by atoms with E-state index in [-0.39, 0.29) is 12.0 Å². The molecular weight excluding hydrogens is 330 g/mol. The fourth-order valence-corrected chi connectivity index (χ4v) is 2.78. The van der Waals surface area contributed by atoms with Gasteiger partial charge >= 0.3 is 0 Å². The van der Waals surface area contributed by atoms with Crippen LogP contribution in [-0.4, -0.2) is 42.2 Å². The van der Waals surface area contributed by atoms with Gasteiger partial charge in [-0.05, 0) is 29.8 Å². The van der Waals surface area contributed by atoms with Crippen LogP contribution in [0.3, 0.4) is 0 Å². The zero-order valence-corrected chi connectivity index (χ0v) is 13.9. The summed E-state index contributed by atoms with van der Waals surface area (Å²) in [5.41, 5.74) is 0.488. The zero-order valence-electron chi connectivity index (χ0n) is 13.2. The highest BCUT2D eigenvalue weighted by molar-refractivity contribution is 6.30. The number of hydrogen-bond donors (Lipinski definition) is 1. The minimum atomic E-state index is -1.21. The van der Waals surface area contributed by atoms with Crippen LogP contribution in [0.5, 0.6) is 11.5 Å². The highest BCUT2D eigenvalue weighted by Gasteiger charge is 2.36. The number of methoxy groups -OCH3 is 1. The van der Waals surface area contributed by atoms with Crippen LogP contribution in [0.15, 0.2) is 48.5 Å². The number of amides is 1. The molecule has 1 fully saturated rings. The molecular formula is C18H18ClNO4. The summed E-state index contributed by atoms with van der Waals surface area (Å²) in [6.07, 6.45) is -1.33. The number of carbonyl (C=O) groups is 1. The van der Waals surface area contributed by atoms with Gasteiger partial charge in [-0.1, -0.05) is 35.9 Å². The Morgan fingerprint density at radius 2 is 1.92 bits per heavy atom. The first-order chi connectivity index (χ1) is 11.6. The SMILES string of the molecule is COc1ccccc1OC1CN(C(=O)[C@H](O)c2cccc(Cl)c2)C1. The third-order valence-corrected chi connectivity index (χ3v) is 4.16. The van der Waals surface area contributed by atoms with Crippen LogP contribution >= 0.6 is 11.6 Å². The summed E-state index contributed by atoms with van der Waals surface area (Å²) >= 11 is 5.90. The van der Waals surface area contributed by atoms with E-state index in [9.17, 15) is 9.90 Å². The van der Waals surface area contributed by atoms with Gasteiger partial charge in [0.15, 0.2) is 17.6 Å². The number of rotatable bonds is 5. The van der Waals surface area contributed by atoms with E-state index in [2.05, 4.69) is 0 Å². The van der Waals surface area contributed by atoms with E-state index in [0.29, 0.717) is 35.2 Å². The highest BCUT2D eigenvalue weighted by Crippen LogP contribution is 2.29. The summed E-state index contributed by atoms with van der Waals surface area (Å²) in [4.78, 5) is 13.9. The molecule has 6 heteroatoms. The number of halogens is 1. The molecule has 0 bridgehead atoms. The minimum absolute atomic E-state index is 0.114. The maximum absolute atomic E-state index is 12.3. The molecule has 1 atom stereocenters. The fraction of sp³-hybridized carbons (Fsp3) is 0.278. The minimum Gasteiger partial charge on any atom is -0.493 e. The Labute approximate surface area is 145 Å². The molecule has 3 rings (SSSR count). The number of nitrogens with zero attached hydrogens (tertiary/aromatic N) is 1. The number of carbonyl (C=O) groups excluding carboxylic acids is 1. The molecule has 24 heavy (non-hydrogen) atoms. The Morgan fingerprint density at radius 1 is 1.21 bits per heavy atom. The zero-order chi connectivity index (χ0) is 17.1. The van der Waals surface area contributed by atoms with Crippen molar-refractivity contribution in [3.63, 3.8) is 0 Å². The van der Waals surface area contributed by atoms with Crippen LogP contribution in [0, 0.1) is 0 Å². The van der Waals surface area contributed by atoms with Gasteiger partial charge in [-0.25, -0.2) is 0 Å². The van der Waals surface area contributed by atoms with Crippen molar-refractivity contribution >= 4 is 17.5 Å². The van der Waals surface area contributed by atoms with E-state index in [1.807, 2.05) is 24.3 Å². The van der Waals surface area contributed by atoms with Crippen molar-refractivity contribution in [2.75, 3.05) is 20.2 Å². The van der Waals surface area contributed by atoms with Gasteiger partial charge in [0.1, 0.15) is 6.10 Å². The Hall–Kier alpha value is -2.24. The van der Waals surface area contributed by atoms with Gasteiger partial charge in [0, 0.05) is 5.02 Å². The first-order valence-electron chi connectivity index (χ1n) is 7.60. The van der Waals surface area contributed by atoms with Crippen molar-refractivity contribution in [1.29, 1.82) is 0 Å². The molecule has 2 aromatic carbocycles. The fourth-order valence-electron chi connectivity index (χ4n) is 2.58. The van der Waals surface area contributed by atoms with Crippen LogP contribution in [0.4, 0.5) is 0 Å². The second-order valence-corrected chi connectivity index (χ2v) is 6.03. The Balaban J connectivity index is 1.57. The average molecular weight is 348 g/mol. The van der Waals surface area contributed by atoms with Gasteiger partial charge in [-0.15, -0.1) is 0 Å². The molecule has 0 radical (unpaired) electrons. The summed E-state index contributed by atoms with van der Waals surface area (Å²) in [5.74, 6) is 0.950. The molecule has 0 unspecified atom stereocenters. The van der Waals surface area contributed by atoms with Gasteiger partial charge in [-0.2, -0.15) is 0 Å². The Bertz CT molecular complexity index is 730. The van der Waals surface area contributed by atoms with Crippen LogP contribution in [-0.2, 0) is 4.79 Å². The van der Waals surface area contributed by atoms with Crippen molar-refractivity contribution in [1.82, 2.24) is 4.90 Å². The molecule has 1 saturated heterocycles. The average Bonchev–Trinajstić information content (AvgIpc) is 2.56. The third kappa shape index (κ3) is 3.47. The van der Waals surface area contributed by atoms with Crippen LogP contribution in [0.25, 0.3) is 0 Å². The number of aliphatic hydroxyl groups excluding tert-OH is 1. The summed E-state index contributed by atoms with van der Waals surface area (Å²) < 4.78 is 11.1. The number of ether oxygens (including phenoxy) is 2. The molecule has 5 nitrogen and oxygen atoms in total. The molecule has 1 N–H and O–H groups in total. The molecule has 126 valence electrons. The largest absolute Gasteiger partial charge is 0.493 e. The van der Waals surface area contributed by atoms with E-state index in [4.69, 9.17) is 21.1 Å². The lowest BCUT2D eigenvalue weighted by atomic mass is 10.1. The number of para-hydroxylation sites is 2. The number of likely N-dealkylation sites (tertiary alicyclic amines) is 1. The van der Waals surface area contributed by atoms with Crippen molar-refractivity contribution < 1.29 is 19.4 Å². The first kappa shape index (κ1) is 16.6. The second kappa shape index (κ2) is 7.11. The number of aliphatic hydroxyl groups is 1. The van der Waals surface area contributed by atoms with Crippen molar-refractivity contribution in [2.45, 2.75) is 12.2 Å². The van der Waals surface area contributed by atoms with Gasteiger partial charge in [-0.3, -0.25) is 4.79 Å². The second-order valence-electron chi connectivity index (χ2n) is 5.59. The van der Waals surface area contributed by atoms with Crippen molar-refractivity contribution in [2.24, 2.45) is 0 Å². The van der Waals surface area contributed by atoms with E-state index >= 15 is 0 Å².